The standard InChI is InChI=1S/C44H45NO2P2/c1-30(42-36-21-11-8-16-33(36)26-29-41(42)48(34-17-4-2-5-18-34)35-19-6-3-7-20-35)45-49-46-39-27-24-31-14-9-12-22-37(31)43(39)44-38-23-13-10-15-32(38)25-28-40(44)47-49/h2-7,17-20,24-30,45H,8-16,21-23H2,1H3/t30-/m1/s1. The molecule has 49 heavy (non-hydrogen) atoms. The van der Waals surface area contributed by atoms with Crippen LogP contribution in [0.5, 0.6) is 0 Å². The van der Waals surface area contributed by atoms with E-state index in [2.05, 4.69) is 109 Å². The van der Waals surface area contributed by atoms with E-state index >= 15 is 0 Å². The van der Waals surface area contributed by atoms with Crippen LogP contribution in [-0.2, 0) is 38.5 Å². The fourth-order valence-corrected chi connectivity index (χ4v) is 12.7. The van der Waals surface area contributed by atoms with Gasteiger partial charge in [-0.1, -0.05) is 84.9 Å². The predicted molar refractivity (Wildman–Crippen MR) is 209 cm³/mol. The summed E-state index contributed by atoms with van der Waals surface area (Å²) in [5.41, 5.74) is 12.5. The minimum atomic E-state index is -1.46. The fraction of sp³-hybridized carbons (Fsp3) is 0.318. The summed E-state index contributed by atoms with van der Waals surface area (Å²) in [6.07, 6.45) is 14.4. The van der Waals surface area contributed by atoms with Crippen LogP contribution in [0, 0.1) is 0 Å². The Balaban J connectivity index is 1.23. The molecule has 9 rings (SSSR count). The third-order valence-electron chi connectivity index (χ3n) is 11.2. The maximum atomic E-state index is 7.04. The van der Waals surface area contributed by atoms with Crippen LogP contribution in [0.3, 0.4) is 0 Å². The van der Waals surface area contributed by atoms with Crippen molar-refractivity contribution in [1.82, 2.24) is 0 Å². The molecule has 0 unspecified atom stereocenters. The van der Waals surface area contributed by atoms with Crippen molar-refractivity contribution in [2.45, 2.75) is 90.0 Å². The number of aryl methyl sites for hydroxylation is 5. The van der Waals surface area contributed by atoms with Crippen LogP contribution < -0.4 is 21.0 Å². The van der Waals surface area contributed by atoms with Crippen molar-refractivity contribution in [3.8, 4) is 0 Å². The Morgan fingerprint density at radius 3 is 1.51 bits per heavy atom. The topological polar surface area (TPSA) is 38.3 Å². The second-order valence-electron chi connectivity index (χ2n) is 14.2. The molecule has 5 aromatic carbocycles. The minimum absolute atomic E-state index is 0.0480. The summed E-state index contributed by atoms with van der Waals surface area (Å²) >= 11 is 0. The van der Waals surface area contributed by atoms with Crippen LogP contribution in [-0.4, -0.2) is 0 Å². The molecule has 3 aliphatic carbocycles. The third-order valence-corrected chi connectivity index (χ3v) is 15.0. The summed E-state index contributed by atoms with van der Waals surface area (Å²) < 4.78 is 14.1. The number of hydrogen-bond donors (Lipinski definition) is 1. The monoisotopic (exact) mass is 681 g/mol. The Kier molecular flexibility index (Phi) is 8.71. The summed E-state index contributed by atoms with van der Waals surface area (Å²) in [6, 6.07) is 36.4. The first kappa shape index (κ1) is 31.4. The van der Waals surface area contributed by atoms with Gasteiger partial charge in [0.15, 0.2) is 0 Å². The quantitative estimate of drug-likeness (QED) is 0.178. The molecule has 0 fully saturated rings. The Bertz CT molecular complexity index is 2070. The van der Waals surface area contributed by atoms with Gasteiger partial charge in [-0.15, -0.1) is 0 Å². The number of hydrogen-bond acceptors (Lipinski definition) is 3. The van der Waals surface area contributed by atoms with E-state index < -0.39 is 16.1 Å². The molecule has 0 saturated heterocycles. The molecule has 5 heteroatoms. The van der Waals surface area contributed by atoms with Gasteiger partial charge in [0.25, 0.3) is 0 Å². The largest absolute Gasteiger partial charge is 0.408 e. The average Bonchev–Trinajstić information content (AvgIpc) is 3.32. The summed E-state index contributed by atoms with van der Waals surface area (Å²) in [5.74, 6) is 0. The average molecular weight is 682 g/mol. The zero-order chi connectivity index (χ0) is 32.7. The van der Waals surface area contributed by atoms with Gasteiger partial charge in [-0.2, -0.15) is 0 Å². The molecular weight excluding hydrogens is 636 g/mol. The molecule has 1 aromatic heterocycles. The van der Waals surface area contributed by atoms with Gasteiger partial charge in [-0.25, -0.2) is 5.09 Å². The first-order valence-corrected chi connectivity index (χ1v) is 21.0. The fourth-order valence-electron chi connectivity index (χ4n) is 8.89. The van der Waals surface area contributed by atoms with Gasteiger partial charge in [0.1, 0.15) is 11.2 Å². The summed E-state index contributed by atoms with van der Waals surface area (Å²) in [4.78, 5) is 0. The van der Waals surface area contributed by atoms with Crippen molar-refractivity contribution in [2.75, 3.05) is 5.09 Å². The van der Waals surface area contributed by atoms with Crippen LogP contribution >= 0.6 is 16.1 Å². The van der Waals surface area contributed by atoms with E-state index in [1.807, 2.05) is 0 Å². The van der Waals surface area contributed by atoms with Gasteiger partial charge >= 0.3 is 8.16 Å². The molecule has 0 bridgehead atoms. The smallest absolute Gasteiger partial charge is 0.307 e. The zero-order valence-corrected chi connectivity index (χ0v) is 30.3. The Morgan fingerprint density at radius 1 is 0.531 bits per heavy atom. The molecule has 6 aromatic rings. The van der Waals surface area contributed by atoms with Gasteiger partial charge in [0.2, 0.25) is 0 Å². The van der Waals surface area contributed by atoms with E-state index in [-0.39, 0.29) is 6.04 Å². The van der Waals surface area contributed by atoms with Crippen molar-refractivity contribution in [3.63, 3.8) is 0 Å². The highest BCUT2D eigenvalue weighted by Gasteiger charge is 2.28. The molecule has 0 spiro atoms. The normalized spacial score (nSPS) is 16.3. The molecule has 0 aliphatic heterocycles. The maximum absolute atomic E-state index is 7.04. The molecule has 248 valence electrons. The second kappa shape index (κ2) is 13.6. The molecule has 3 nitrogen and oxygen atoms in total. The number of fused-ring (bicyclic) bond motifs is 8. The van der Waals surface area contributed by atoms with Crippen LogP contribution in [0.4, 0.5) is 0 Å². The van der Waals surface area contributed by atoms with Crippen LogP contribution in [0.15, 0.2) is 105 Å². The minimum Gasteiger partial charge on any atom is -0.408 e. The summed E-state index contributed by atoms with van der Waals surface area (Å²) in [7, 11) is -2.21. The Hall–Kier alpha value is -3.61. The van der Waals surface area contributed by atoms with Crippen molar-refractivity contribution in [2.24, 2.45) is 0 Å². The van der Waals surface area contributed by atoms with E-state index in [0.29, 0.717) is 0 Å². The maximum Gasteiger partial charge on any atom is 0.307 e. The van der Waals surface area contributed by atoms with Crippen LogP contribution in [0.2, 0.25) is 0 Å². The molecular formula is C44H45NO2P2. The van der Waals surface area contributed by atoms with Gasteiger partial charge in [-0.3, -0.25) is 0 Å². The number of rotatable bonds is 6. The third kappa shape index (κ3) is 5.89. The first-order chi connectivity index (χ1) is 24.2. The summed E-state index contributed by atoms with van der Waals surface area (Å²) in [5, 5.41) is 10.9. The molecule has 1 atom stereocenters. The van der Waals surface area contributed by atoms with E-state index in [0.717, 1.165) is 49.7 Å². The van der Waals surface area contributed by atoms with Crippen LogP contribution in [0.25, 0.3) is 21.9 Å². The van der Waals surface area contributed by atoms with Gasteiger partial charge < -0.3 is 8.39 Å². The zero-order valence-electron chi connectivity index (χ0n) is 28.5. The Morgan fingerprint density at radius 2 is 0.980 bits per heavy atom. The summed E-state index contributed by atoms with van der Waals surface area (Å²) in [6.45, 7) is 2.35. The lowest BCUT2D eigenvalue weighted by atomic mass is 9.84. The molecule has 0 saturated carbocycles. The van der Waals surface area contributed by atoms with Crippen LogP contribution in [0.1, 0.15) is 90.4 Å². The Labute approximate surface area is 292 Å². The molecule has 0 amide bonds. The first-order valence-electron chi connectivity index (χ1n) is 18.5. The highest BCUT2D eigenvalue weighted by atomic mass is 31.1. The van der Waals surface area contributed by atoms with Gasteiger partial charge in [-0.05, 0) is 159 Å². The van der Waals surface area contributed by atoms with Crippen molar-refractivity contribution >= 4 is 53.9 Å². The lowest BCUT2D eigenvalue weighted by molar-refractivity contribution is 0.632. The highest BCUT2D eigenvalue weighted by Crippen LogP contribution is 2.44. The number of nitrogens with one attached hydrogen (secondary N) is 1. The van der Waals surface area contributed by atoms with E-state index in [1.54, 1.807) is 0 Å². The number of benzene rings is 5. The van der Waals surface area contributed by atoms with Gasteiger partial charge in [0.05, 0.1) is 0 Å². The predicted octanol–water partition coefficient (Wildman–Crippen LogP) is 11.0. The molecule has 3 aliphatic rings. The van der Waals surface area contributed by atoms with Crippen molar-refractivity contribution in [1.29, 1.82) is 0 Å². The lowest BCUT2D eigenvalue weighted by Crippen LogP contribution is -2.28. The molecule has 1 N–H and O–H groups in total. The van der Waals surface area contributed by atoms with E-state index in [1.165, 1.54) is 104 Å². The van der Waals surface area contributed by atoms with Crippen molar-refractivity contribution < 1.29 is 8.39 Å². The second-order valence-corrected chi connectivity index (χ2v) is 17.5. The highest BCUT2D eigenvalue weighted by molar-refractivity contribution is 7.79. The van der Waals surface area contributed by atoms with E-state index in [4.69, 9.17) is 8.39 Å². The molecule has 0 radical (unpaired) electrons. The van der Waals surface area contributed by atoms with Crippen molar-refractivity contribution in [3.05, 3.63) is 136 Å². The van der Waals surface area contributed by atoms with Gasteiger partial charge in [0, 0.05) is 16.8 Å². The lowest BCUT2D eigenvalue weighted by Gasteiger charge is -2.30. The molecule has 1 heterocycles. The SMILES string of the molecule is C[C@@H](Np1oc2ccc3c(c2c2c4c(ccc2o1)CCCC4)CCCC3)c1c(P(c2ccccc2)c2ccccc2)ccc2c1CCCC2. The van der Waals surface area contributed by atoms with E-state index in [9.17, 15) is 0 Å².